The molecule has 1 atom stereocenters. The minimum atomic E-state index is -0.418. The third-order valence-corrected chi connectivity index (χ3v) is 3.78. The van der Waals surface area contributed by atoms with E-state index in [4.69, 9.17) is 4.74 Å². The van der Waals surface area contributed by atoms with Gasteiger partial charge in [-0.3, -0.25) is 0 Å². The lowest BCUT2D eigenvalue weighted by molar-refractivity contribution is 0.0297. The molecule has 0 radical (unpaired) electrons. The van der Waals surface area contributed by atoms with Gasteiger partial charge in [-0.2, -0.15) is 0 Å². The maximum absolute atomic E-state index is 11.8. The van der Waals surface area contributed by atoms with Crippen molar-refractivity contribution in [2.45, 2.75) is 71.9 Å². The standard InChI is InChI=1S/C16H32N2O2/c1-15(2,3)20-14(19)18(6)11-7-10-17-13-8-9-16(4,5)12-13/h13,17H,7-12H2,1-6H3. The molecule has 1 N–H and O–H groups in total. The highest BCUT2D eigenvalue weighted by Crippen LogP contribution is 2.36. The van der Waals surface area contributed by atoms with Gasteiger partial charge >= 0.3 is 6.09 Å². The minimum Gasteiger partial charge on any atom is -0.444 e. The van der Waals surface area contributed by atoms with Crippen LogP contribution in [-0.2, 0) is 4.74 Å². The molecule has 4 heteroatoms. The first-order valence-corrected chi connectivity index (χ1v) is 7.77. The molecule has 0 saturated heterocycles. The molecule has 1 amide bonds. The Labute approximate surface area is 124 Å². The summed E-state index contributed by atoms with van der Waals surface area (Å²) in [4.78, 5) is 13.4. The second-order valence-corrected chi connectivity index (χ2v) is 7.81. The van der Waals surface area contributed by atoms with Crippen LogP contribution in [-0.4, -0.2) is 42.8 Å². The lowest BCUT2D eigenvalue weighted by Crippen LogP contribution is -2.36. The van der Waals surface area contributed by atoms with E-state index in [1.807, 2.05) is 20.8 Å². The van der Waals surface area contributed by atoms with E-state index < -0.39 is 5.60 Å². The molecule has 4 nitrogen and oxygen atoms in total. The third-order valence-electron chi connectivity index (χ3n) is 3.78. The summed E-state index contributed by atoms with van der Waals surface area (Å²) >= 11 is 0. The molecule has 20 heavy (non-hydrogen) atoms. The van der Waals surface area contributed by atoms with E-state index in [9.17, 15) is 4.79 Å². The summed E-state index contributed by atoms with van der Waals surface area (Å²) in [6.45, 7) is 12.0. The van der Waals surface area contributed by atoms with Crippen LogP contribution < -0.4 is 5.32 Å². The zero-order valence-corrected chi connectivity index (χ0v) is 14.1. The van der Waals surface area contributed by atoms with Gasteiger partial charge in [0.15, 0.2) is 0 Å². The molecule has 0 aliphatic heterocycles. The number of amides is 1. The van der Waals surface area contributed by atoms with Crippen molar-refractivity contribution in [3.05, 3.63) is 0 Å². The molecule has 0 aromatic carbocycles. The second-order valence-electron chi connectivity index (χ2n) is 7.81. The van der Waals surface area contributed by atoms with Gasteiger partial charge < -0.3 is 15.0 Å². The zero-order chi connectivity index (χ0) is 15.4. The van der Waals surface area contributed by atoms with Gasteiger partial charge in [0, 0.05) is 19.6 Å². The maximum atomic E-state index is 11.8. The van der Waals surface area contributed by atoms with Gasteiger partial charge in [0.1, 0.15) is 5.60 Å². The van der Waals surface area contributed by atoms with Crippen LogP contribution >= 0.6 is 0 Å². The second kappa shape index (κ2) is 6.79. The predicted octanol–water partition coefficient (Wildman–Crippen LogP) is 3.41. The van der Waals surface area contributed by atoms with Crippen LogP contribution in [0.1, 0.15) is 60.3 Å². The average molecular weight is 284 g/mol. The minimum absolute atomic E-state index is 0.237. The van der Waals surface area contributed by atoms with Crippen molar-refractivity contribution in [2.24, 2.45) is 5.41 Å². The summed E-state index contributed by atoms with van der Waals surface area (Å²) in [6, 6.07) is 0.650. The average Bonchev–Trinajstić information content (AvgIpc) is 2.61. The lowest BCUT2D eigenvalue weighted by Gasteiger charge is -2.25. The third kappa shape index (κ3) is 6.60. The number of carbonyl (C=O) groups is 1. The molecule has 118 valence electrons. The van der Waals surface area contributed by atoms with Crippen LogP contribution in [0.15, 0.2) is 0 Å². The van der Waals surface area contributed by atoms with E-state index in [0.29, 0.717) is 11.5 Å². The van der Waals surface area contributed by atoms with E-state index in [-0.39, 0.29) is 6.09 Å². The summed E-state index contributed by atoms with van der Waals surface area (Å²) in [7, 11) is 1.80. The number of hydrogen-bond acceptors (Lipinski definition) is 3. The Morgan fingerprint density at radius 2 is 2.05 bits per heavy atom. The number of rotatable bonds is 5. The van der Waals surface area contributed by atoms with E-state index >= 15 is 0 Å². The van der Waals surface area contributed by atoms with Crippen molar-refractivity contribution < 1.29 is 9.53 Å². The van der Waals surface area contributed by atoms with Crippen molar-refractivity contribution in [1.29, 1.82) is 0 Å². The fraction of sp³-hybridized carbons (Fsp3) is 0.938. The molecular weight excluding hydrogens is 252 g/mol. The van der Waals surface area contributed by atoms with Gasteiger partial charge in [-0.25, -0.2) is 4.79 Å². The quantitative estimate of drug-likeness (QED) is 0.787. The maximum Gasteiger partial charge on any atom is 0.410 e. The Bertz CT molecular complexity index is 321. The summed E-state index contributed by atoms with van der Waals surface area (Å²) in [5.41, 5.74) is 0.0734. The van der Waals surface area contributed by atoms with Crippen LogP contribution in [0.5, 0.6) is 0 Å². The summed E-state index contributed by atoms with van der Waals surface area (Å²) < 4.78 is 5.32. The van der Waals surface area contributed by atoms with Crippen molar-refractivity contribution in [3.63, 3.8) is 0 Å². The van der Waals surface area contributed by atoms with Crippen LogP contribution in [0.25, 0.3) is 0 Å². The van der Waals surface area contributed by atoms with Gasteiger partial charge in [-0.15, -0.1) is 0 Å². The predicted molar refractivity (Wildman–Crippen MR) is 82.9 cm³/mol. The van der Waals surface area contributed by atoms with Gasteiger partial charge in [0.05, 0.1) is 0 Å². The van der Waals surface area contributed by atoms with E-state index in [2.05, 4.69) is 19.2 Å². The Balaban J connectivity index is 2.13. The van der Waals surface area contributed by atoms with Crippen LogP contribution in [0.2, 0.25) is 0 Å². The fourth-order valence-electron chi connectivity index (χ4n) is 2.66. The number of nitrogens with zero attached hydrogens (tertiary/aromatic N) is 1. The van der Waals surface area contributed by atoms with Crippen LogP contribution in [0.4, 0.5) is 4.79 Å². The van der Waals surface area contributed by atoms with E-state index in [1.54, 1.807) is 11.9 Å². The van der Waals surface area contributed by atoms with Crippen LogP contribution in [0.3, 0.4) is 0 Å². The SMILES string of the molecule is CN(CCCNC1CCC(C)(C)C1)C(=O)OC(C)(C)C. The van der Waals surface area contributed by atoms with Crippen molar-refractivity contribution in [3.8, 4) is 0 Å². The number of hydrogen-bond donors (Lipinski definition) is 1. The van der Waals surface area contributed by atoms with Gasteiger partial charge in [0.25, 0.3) is 0 Å². The molecule has 1 aliphatic rings. The molecule has 0 aromatic heterocycles. The van der Waals surface area contributed by atoms with E-state index in [0.717, 1.165) is 19.5 Å². The largest absolute Gasteiger partial charge is 0.444 e. The summed E-state index contributed by atoms with van der Waals surface area (Å²) in [5, 5.41) is 3.60. The zero-order valence-electron chi connectivity index (χ0n) is 14.1. The Hall–Kier alpha value is -0.770. The number of nitrogens with one attached hydrogen (secondary N) is 1. The smallest absolute Gasteiger partial charge is 0.410 e. The molecule has 1 unspecified atom stereocenters. The highest BCUT2D eigenvalue weighted by molar-refractivity contribution is 5.67. The van der Waals surface area contributed by atoms with Gasteiger partial charge in [-0.1, -0.05) is 13.8 Å². The molecule has 1 aliphatic carbocycles. The summed E-state index contributed by atoms with van der Waals surface area (Å²) in [5.74, 6) is 0. The molecule has 0 aromatic rings. The van der Waals surface area contributed by atoms with Crippen molar-refractivity contribution >= 4 is 6.09 Å². The normalized spacial score (nSPS) is 21.8. The van der Waals surface area contributed by atoms with E-state index in [1.165, 1.54) is 19.3 Å². The highest BCUT2D eigenvalue weighted by atomic mass is 16.6. The number of ether oxygens (including phenoxy) is 1. The molecule has 0 spiro atoms. The first kappa shape index (κ1) is 17.3. The molecule has 0 heterocycles. The molecule has 0 bridgehead atoms. The molecule has 1 rings (SSSR count). The fourth-order valence-corrected chi connectivity index (χ4v) is 2.66. The monoisotopic (exact) mass is 284 g/mol. The highest BCUT2D eigenvalue weighted by Gasteiger charge is 2.30. The molecule has 1 saturated carbocycles. The van der Waals surface area contributed by atoms with Crippen LogP contribution in [0, 0.1) is 5.41 Å². The van der Waals surface area contributed by atoms with Crippen molar-refractivity contribution in [1.82, 2.24) is 10.2 Å². The molecular formula is C16H32N2O2. The first-order valence-electron chi connectivity index (χ1n) is 7.77. The Kier molecular flexibility index (Phi) is 5.87. The first-order chi connectivity index (χ1) is 9.09. The number of carbonyl (C=O) groups excluding carboxylic acids is 1. The lowest BCUT2D eigenvalue weighted by atomic mass is 9.92. The van der Waals surface area contributed by atoms with Crippen molar-refractivity contribution in [2.75, 3.05) is 20.1 Å². The summed E-state index contributed by atoms with van der Waals surface area (Å²) in [6.07, 6.45) is 4.57. The Morgan fingerprint density at radius 1 is 1.40 bits per heavy atom. The topological polar surface area (TPSA) is 41.6 Å². The van der Waals surface area contributed by atoms with Gasteiger partial charge in [-0.05, 0) is 58.4 Å². The Morgan fingerprint density at radius 3 is 2.55 bits per heavy atom. The molecule has 1 fully saturated rings. The van der Waals surface area contributed by atoms with Gasteiger partial charge in [0.2, 0.25) is 0 Å².